The van der Waals surface area contributed by atoms with Crippen molar-refractivity contribution in [3.8, 4) is 5.75 Å². The van der Waals surface area contributed by atoms with Crippen molar-refractivity contribution >= 4 is 23.3 Å². The number of hydrogen-bond donors (Lipinski definition) is 3. The topological polar surface area (TPSA) is 121 Å². The number of rotatable bonds is 2. The molecule has 3 aliphatic carbocycles. The zero-order chi connectivity index (χ0) is 29.6. The molecule has 2 fully saturated rings. The molecule has 40 heavy (non-hydrogen) atoms. The number of carbonyl (C=O) groups is 4. The molecule has 1 spiro atoms. The number of hydrogen-bond acceptors (Lipinski definition) is 6. The number of Topliss-reactive ketones (excluding diaryl/α,β-unsaturated/α-hetero) is 3. The molecule has 1 aromatic rings. The summed E-state index contributed by atoms with van der Waals surface area (Å²) < 4.78 is 0. The summed E-state index contributed by atoms with van der Waals surface area (Å²) in [6.45, 7) is 14.6. The molecule has 5 rings (SSSR count). The highest BCUT2D eigenvalue weighted by molar-refractivity contribution is 6.28. The normalized spacial score (nSPS) is 39.2. The smallest absolute Gasteiger partial charge is 0.224 e. The van der Waals surface area contributed by atoms with Gasteiger partial charge in [-0.2, -0.15) is 0 Å². The van der Waals surface area contributed by atoms with Gasteiger partial charge in [-0.1, -0.05) is 51.5 Å². The molecule has 3 N–H and O–H groups in total. The van der Waals surface area contributed by atoms with Gasteiger partial charge in [-0.15, -0.1) is 0 Å². The number of ketones is 3. The van der Waals surface area contributed by atoms with Crippen LogP contribution in [-0.2, 0) is 4.79 Å². The van der Waals surface area contributed by atoms with E-state index in [4.69, 9.17) is 0 Å². The summed E-state index contributed by atoms with van der Waals surface area (Å²) in [4.78, 5) is 56.9. The van der Waals surface area contributed by atoms with Gasteiger partial charge in [0.15, 0.2) is 17.3 Å². The number of aliphatic hydroxyl groups is 1. The van der Waals surface area contributed by atoms with E-state index in [0.717, 1.165) is 5.57 Å². The molecular weight excluding hydrogens is 506 g/mol. The van der Waals surface area contributed by atoms with Crippen LogP contribution in [0.2, 0.25) is 0 Å². The number of phenolic OH excluding ortho intramolecular Hbond substituents is 1. The first-order valence-electron chi connectivity index (χ1n) is 14.2. The molecule has 0 unspecified atom stereocenters. The summed E-state index contributed by atoms with van der Waals surface area (Å²) in [5.74, 6) is -5.49. The Balaban J connectivity index is 1.93. The third kappa shape index (κ3) is 3.52. The Labute approximate surface area is 235 Å². The fourth-order valence-corrected chi connectivity index (χ4v) is 8.32. The van der Waals surface area contributed by atoms with Crippen LogP contribution in [0.15, 0.2) is 41.0 Å². The van der Waals surface area contributed by atoms with E-state index in [9.17, 15) is 29.4 Å². The van der Waals surface area contributed by atoms with Crippen LogP contribution in [0.5, 0.6) is 5.75 Å². The number of aromatic hydroxyl groups is 1. The first-order valence-corrected chi connectivity index (χ1v) is 14.2. The Bertz CT molecular complexity index is 1480. The Morgan fingerprint density at radius 2 is 1.65 bits per heavy atom. The Morgan fingerprint density at radius 1 is 1.00 bits per heavy atom. The largest absolute Gasteiger partial charge is 0.507 e. The lowest BCUT2D eigenvalue weighted by Crippen LogP contribution is -2.64. The van der Waals surface area contributed by atoms with Gasteiger partial charge >= 0.3 is 0 Å². The molecule has 1 saturated carbocycles. The van der Waals surface area contributed by atoms with E-state index in [1.807, 2.05) is 46.8 Å². The summed E-state index contributed by atoms with van der Waals surface area (Å²) >= 11 is 0. The van der Waals surface area contributed by atoms with Gasteiger partial charge in [0.2, 0.25) is 5.91 Å². The number of aryl methyl sites for hydroxylation is 1. The van der Waals surface area contributed by atoms with Crippen molar-refractivity contribution in [3.63, 3.8) is 0 Å². The average Bonchev–Trinajstić information content (AvgIpc) is 3.23. The molecule has 1 saturated heterocycles. The molecule has 212 valence electrons. The lowest BCUT2D eigenvalue weighted by Gasteiger charge is -2.43. The molecule has 7 heteroatoms. The molecular formula is C33H39NO6. The number of nitrogens with one attached hydrogen (secondary N) is 1. The first kappa shape index (κ1) is 28.2. The molecule has 7 atom stereocenters. The Morgan fingerprint density at radius 3 is 2.27 bits per heavy atom. The minimum Gasteiger partial charge on any atom is -0.507 e. The van der Waals surface area contributed by atoms with Crippen molar-refractivity contribution in [2.75, 3.05) is 0 Å². The highest BCUT2D eigenvalue weighted by atomic mass is 16.3. The molecule has 1 aromatic carbocycles. The van der Waals surface area contributed by atoms with Gasteiger partial charge in [0.05, 0.1) is 11.5 Å². The van der Waals surface area contributed by atoms with E-state index in [2.05, 4.69) is 5.32 Å². The maximum absolute atomic E-state index is 14.8. The van der Waals surface area contributed by atoms with Gasteiger partial charge in [-0.05, 0) is 74.6 Å². The van der Waals surface area contributed by atoms with E-state index < -0.39 is 52.2 Å². The third-order valence-corrected chi connectivity index (χ3v) is 9.80. The molecule has 7 nitrogen and oxygen atoms in total. The number of amides is 1. The maximum Gasteiger partial charge on any atom is 0.224 e. The second kappa shape index (κ2) is 9.10. The number of carbonyl (C=O) groups excluding carboxylic acids is 4. The van der Waals surface area contributed by atoms with E-state index in [-0.39, 0.29) is 45.7 Å². The van der Waals surface area contributed by atoms with Crippen LogP contribution in [0.1, 0.15) is 91.5 Å². The monoisotopic (exact) mass is 545 g/mol. The van der Waals surface area contributed by atoms with E-state index in [1.165, 1.54) is 6.07 Å². The SMILES string of the molecule is CC1=C\[C@@H](C)/C=C(\C)[C@]2(O)[C@H](C)[C@@H]3[C@@H](CC(C)C)C(=O)N[C@]34C(=O)c3cc(C)c(O)c(c3C(=O)[C@@H]42)C(=O)\C(C)=C\1. The second-order valence-electron chi connectivity index (χ2n) is 13.0. The maximum atomic E-state index is 14.8. The number of allylic oxidation sites excluding steroid dienone is 5. The van der Waals surface area contributed by atoms with Crippen molar-refractivity contribution in [1.29, 1.82) is 0 Å². The molecule has 1 amide bonds. The molecule has 2 bridgehead atoms. The van der Waals surface area contributed by atoms with Gasteiger partial charge in [0.1, 0.15) is 16.9 Å². The second-order valence-corrected chi connectivity index (χ2v) is 13.0. The molecule has 4 aliphatic rings. The summed E-state index contributed by atoms with van der Waals surface area (Å²) in [7, 11) is 0. The summed E-state index contributed by atoms with van der Waals surface area (Å²) in [5.41, 5.74) is -1.86. The molecule has 1 heterocycles. The van der Waals surface area contributed by atoms with Crippen molar-refractivity contribution < 1.29 is 29.4 Å². The van der Waals surface area contributed by atoms with Crippen LogP contribution in [0, 0.1) is 42.4 Å². The van der Waals surface area contributed by atoms with Gasteiger partial charge < -0.3 is 15.5 Å². The summed E-state index contributed by atoms with van der Waals surface area (Å²) in [6.07, 6.45) is 6.07. The average molecular weight is 546 g/mol. The van der Waals surface area contributed by atoms with Crippen molar-refractivity contribution in [2.45, 2.75) is 73.0 Å². The van der Waals surface area contributed by atoms with Crippen molar-refractivity contribution in [3.05, 3.63) is 63.3 Å². The zero-order valence-electron chi connectivity index (χ0n) is 24.5. The Hall–Kier alpha value is -3.32. The molecule has 1 aliphatic heterocycles. The zero-order valence-corrected chi connectivity index (χ0v) is 24.5. The van der Waals surface area contributed by atoms with Crippen LogP contribution >= 0.6 is 0 Å². The molecule has 0 radical (unpaired) electrons. The summed E-state index contributed by atoms with van der Waals surface area (Å²) in [6, 6.07) is 1.45. The lowest BCUT2D eigenvalue weighted by atomic mass is 9.62. The van der Waals surface area contributed by atoms with E-state index >= 15 is 0 Å². The quantitative estimate of drug-likeness (QED) is 0.455. The van der Waals surface area contributed by atoms with Gasteiger partial charge in [-0.3, -0.25) is 19.2 Å². The minimum atomic E-state index is -1.77. The minimum absolute atomic E-state index is 0.0109. The highest BCUT2D eigenvalue weighted by Gasteiger charge is 2.78. The summed E-state index contributed by atoms with van der Waals surface area (Å²) in [5, 5.41) is 26.8. The van der Waals surface area contributed by atoms with E-state index in [0.29, 0.717) is 17.6 Å². The van der Waals surface area contributed by atoms with Crippen LogP contribution in [-0.4, -0.2) is 44.6 Å². The fraction of sp³-hybridized carbons (Fsp3) is 0.515. The van der Waals surface area contributed by atoms with Crippen molar-refractivity contribution in [1.82, 2.24) is 5.32 Å². The van der Waals surface area contributed by atoms with Crippen LogP contribution in [0.25, 0.3) is 0 Å². The van der Waals surface area contributed by atoms with Crippen LogP contribution < -0.4 is 5.32 Å². The van der Waals surface area contributed by atoms with Crippen LogP contribution in [0.3, 0.4) is 0 Å². The third-order valence-electron chi connectivity index (χ3n) is 9.80. The number of benzene rings is 1. The standard InChI is InChI=1S/C33H39NO6/c1-14(2)9-22-25-20(8)33(40)19(7)12-16(4)10-15(3)11-17(5)26(35)24-23-21(13-18(6)27(24)36)30(38)32(25,34-31(22)39)29(33)28(23)37/h10-14,16,20,22,25,29,36,40H,9H2,1-8H3,(H,34,39)/b15-10+,17-11+,19-12+/t16-,20-,22-,25-,29+,32-,33+/m1/s1. The van der Waals surface area contributed by atoms with Crippen LogP contribution in [0.4, 0.5) is 0 Å². The molecule has 0 aromatic heterocycles. The first-order chi connectivity index (χ1) is 18.6. The van der Waals surface area contributed by atoms with Gasteiger partial charge in [0.25, 0.3) is 0 Å². The Kier molecular flexibility index (Phi) is 6.42. The fourth-order valence-electron chi connectivity index (χ4n) is 8.32. The van der Waals surface area contributed by atoms with Gasteiger partial charge in [0, 0.05) is 23.0 Å². The van der Waals surface area contributed by atoms with E-state index in [1.54, 1.807) is 26.8 Å². The van der Waals surface area contributed by atoms with Crippen molar-refractivity contribution in [2.24, 2.45) is 35.5 Å². The van der Waals surface area contributed by atoms with Gasteiger partial charge in [-0.25, -0.2) is 0 Å². The predicted octanol–water partition coefficient (Wildman–Crippen LogP) is 4.90. The lowest BCUT2D eigenvalue weighted by molar-refractivity contribution is -0.125. The highest BCUT2D eigenvalue weighted by Crippen LogP contribution is 2.63. The predicted molar refractivity (Wildman–Crippen MR) is 151 cm³/mol. The number of phenols is 1.